The number of ether oxygens (including phenoxy) is 1. The number of carbonyl (C=O) groups is 1. The van der Waals surface area contributed by atoms with Crippen LogP contribution in [0.25, 0.3) is 22.2 Å². The van der Waals surface area contributed by atoms with E-state index in [1.54, 1.807) is 0 Å². The Bertz CT molecular complexity index is 1480. The van der Waals surface area contributed by atoms with Gasteiger partial charge in [-0.25, -0.2) is 0 Å². The number of aromatic nitrogens is 2. The molecule has 7 rings (SSSR count). The van der Waals surface area contributed by atoms with Crippen LogP contribution >= 0.6 is 0 Å². The van der Waals surface area contributed by atoms with Crippen LogP contribution < -0.4 is 10.2 Å². The van der Waals surface area contributed by atoms with Gasteiger partial charge in [0.05, 0.1) is 17.3 Å². The van der Waals surface area contributed by atoms with E-state index < -0.39 is 0 Å². The third-order valence-electron chi connectivity index (χ3n) is 9.40. The minimum atomic E-state index is -0.171. The van der Waals surface area contributed by atoms with Crippen molar-refractivity contribution in [3.05, 3.63) is 83.9 Å². The molecule has 3 aliphatic heterocycles. The second-order valence-electron chi connectivity index (χ2n) is 11.7. The molecular weight excluding hydrogens is 500 g/mol. The van der Waals surface area contributed by atoms with Gasteiger partial charge in [0.15, 0.2) is 0 Å². The number of nitrogens with one attached hydrogen (secondary N) is 2. The van der Waals surface area contributed by atoms with Gasteiger partial charge >= 0.3 is 0 Å². The van der Waals surface area contributed by atoms with Gasteiger partial charge < -0.3 is 20.1 Å². The highest BCUT2D eigenvalue weighted by Crippen LogP contribution is 2.40. The lowest BCUT2D eigenvalue weighted by Gasteiger charge is -2.39. The van der Waals surface area contributed by atoms with E-state index in [9.17, 15) is 9.90 Å². The van der Waals surface area contributed by atoms with E-state index >= 15 is 0 Å². The largest absolute Gasteiger partial charge is 0.393 e. The van der Waals surface area contributed by atoms with Crippen molar-refractivity contribution in [3.63, 3.8) is 0 Å². The highest BCUT2D eigenvalue weighted by Gasteiger charge is 2.40. The highest BCUT2D eigenvalue weighted by atomic mass is 16.5. The Hall–Kier alpha value is -3.68. The SMILES string of the molecule is O=C(NCC1(c2ccccc2)CCOCC1)c1ccc2[nH]nc(-c3ccc(N4[C@@H]5CC[C@H]4C[C@H](O)C5)cc3)c2c1. The van der Waals surface area contributed by atoms with Crippen LogP contribution in [0.5, 0.6) is 0 Å². The van der Waals surface area contributed by atoms with Crippen molar-refractivity contribution in [1.82, 2.24) is 15.5 Å². The van der Waals surface area contributed by atoms with Crippen LogP contribution in [0.3, 0.4) is 0 Å². The quantitative estimate of drug-likeness (QED) is 0.315. The number of aliphatic hydroxyl groups excluding tert-OH is 1. The van der Waals surface area contributed by atoms with Crippen LogP contribution in [0.1, 0.15) is 54.4 Å². The van der Waals surface area contributed by atoms with E-state index in [4.69, 9.17) is 4.74 Å². The van der Waals surface area contributed by atoms with E-state index in [1.807, 2.05) is 24.3 Å². The van der Waals surface area contributed by atoms with E-state index in [0.717, 1.165) is 60.7 Å². The number of benzene rings is 3. The minimum Gasteiger partial charge on any atom is -0.393 e. The summed E-state index contributed by atoms with van der Waals surface area (Å²) in [6, 6.07) is 25.7. The molecule has 0 saturated carbocycles. The van der Waals surface area contributed by atoms with Crippen LogP contribution in [0, 0.1) is 0 Å². The molecule has 4 heterocycles. The second kappa shape index (κ2) is 10.4. The lowest BCUT2D eigenvalue weighted by Crippen LogP contribution is -2.44. The Morgan fingerprint density at radius 2 is 1.73 bits per heavy atom. The van der Waals surface area contributed by atoms with Gasteiger partial charge in [0.1, 0.15) is 0 Å². The molecule has 0 unspecified atom stereocenters. The number of hydrogen-bond acceptors (Lipinski definition) is 5. The fourth-order valence-electron chi connectivity index (χ4n) is 7.21. The summed E-state index contributed by atoms with van der Waals surface area (Å²) in [4.78, 5) is 15.9. The van der Waals surface area contributed by atoms with Gasteiger partial charge in [-0.05, 0) is 74.4 Å². The average Bonchev–Trinajstić information content (AvgIpc) is 3.55. The Morgan fingerprint density at radius 1 is 1.00 bits per heavy atom. The van der Waals surface area contributed by atoms with Crippen LogP contribution in [0.15, 0.2) is 72.8 Å². The van der Waals surface area contributed by atoms with Gasteiger partial charge in [-0.2, -0.15) is 5.10 Å². The summed E-state index contributed by atoms with van der Waals surface area (Å²) in [5, 5.41) is 22.1. The monoisotopic (exact) mass is 536 g/mol. The van der Waals surface area contributed by atoms with E-state index in [-0.39, 0.29) is 17.4 Å². The normalized spacial score (nSPS) is 23.8. The fraction of sp³-hybridized carbons (Fsp3) is 0.394. The standard InChI is InChI=1S/C33H36N4O3/c38-28-19-26-11-12-27(20-28)37(26)25-9-6-22(7-10-25)31-29-18-23(8-13-30(29)35-36-31)32(39)34-21-33(14-16-40-17-15-33)24-4-2-1-3-5-24/h1-10,13,18,26-28,38H,11-12,14-17,19-21H2,(H,34,39)(H,35,36)/t26-,27+,28-. The van der Waals surface area contributed by atoms with Crippen molar-refractivity contribution in [2.45, 2.75) is 62.1 Å². The van der Waals surface area contributed by atoms with Gasteiger partial charge in [-0.15, -0.1) is 0 Å². The molecule has 2 bridgehead atoms. The van der Waals surface area contributed by atoms with Crippen LogP contribution in [0.2, 0.25) is 0 Å². The number of fused-ring (bicyclic) bond motifs is 3. The average molecular weight is 537 g/mol. The smallest absolute Gasteiger partial charge is 0.251 e. The van der Waals surface area contributed by atoms with Crippen molar-refractivity contribution in [2.24, 2.45) is 0 Å². The molecular formula is C33H36N4O3. The number of aliphatic hydroxyl groups is 1. The molecule has 3 fully saturated rings. The highest BCUT2D eigenvalue weighted by molar-refractivity contribution is 6.01. The van der Waals surface area contributed by atoms with Crippen molar-refractivity contribution >= 4 is 22.5 Å². The van der Waals surface area contributed by atoms with Crippen LogP contribution in [0.4, 0.5) is 5.69 Å². The van der Waals surface area contributed by atoms with Gasteiger partial charge in [0, 0.05) is 59.5 Å². The molecule has 1 aromatic heterocycles. The molecule has 3 saturated heterocycles. The molecule has 40 heavy (non-hydrogen) atoms. The van der Waals surface area contributed by atoms with Crippen LogP contribution in [-0.4, -0.2) is 59.2 Å². The van der Waals surface area contributed by atoms with Gasteiger partial charge in [-0.1, -0.05) is 42.5 Å². The first-order valence-electron chi connectivity index (χ1n) is 14.6. The number of amides is 1. The lowest BCUT2D eigenvalue weighted by atomic mass is 9.74. The van der Waals surface area contributed by atoms with Crippen LogP contribution in [-0.2, 0) is 10.2 Å². The van der Waals surface area contributed by atoms with E-state index in [0.29, 0.717) is 37.4 Å². The van der Waals surface area contributed by atoms with Crippen molar-refractivity contribution in [1.29, 1.82) is 0 Å². The van der Waals surface area contributed by atoms with Gasteiger partial charge in [0.25, 0.3) is 5.91 Å². The molecule has 206 valence electrons. The zero-order chi connectivity index (χ0) is 27.1. The number of aromatic amines is 1. The Balaban J connectivity index is 1.11. The molecule has 1 amide bonds. The summed E-state index contributed by atoms with van der Waals surface area (Å²) in [6.45, 7) is 1.98. The summed E-state index contributed by atoms with van der Waals surface area (Å²) >= 11 is 0. The number of carbonyl (C=O) groups excluding carboxylic acids is 1. The molecule has 7 heteroatoms. The zero-order valence-corrected chi connectivity index (χ0v) is 22.7. The first kappa shape index (κ1) is 25.3. The number of rotatable bonds is 6. The molecule has 0 radical (unpaired) electrons. The number of nitrogens with zero attached hydrogens (tertiary/aromatic N) is 2. The Labute approximate surface area is 234 Å². The van der Waals surface area contributed by atoms with Gasteiger partial charge in [0.2, 0.25) is 0 Å². The first-order valence-corrected chi connectivity index (χ1v) is 14.6. The van der Waals surface area contributed by atoms with Gasteiger partial charge in [-0.3, -0.25) is 9.89 Å². The zero-order valence-electron chi connectivity index (χ0n) is 22.7. The fourth-order valence-corrected chi connectivity index (χ4v) is 7.21. The summed E-state index contributed by atoms with van der Waals surface area (Å²) in [5.74, 6) is -0.0750. The maximum absolute atomic E-state index is 13.4. The third-order valence-corrected chi connectivity index (χ3v) is 9.40. The maximum Gasteiger partial charge on any atom is 0.251 e. The summed E-state index contributed by atoms with van der Waals surface area (Å²) in [7, 11) is 0. The first-order chi connectivity index (χ1) is 19.6. The van der Waals surface area contributed by atoms with E-state index in [2.05, 4.69) is 68.9 Å². The predicted octanol–water partition coefficient (Wildman–Crippen LogP) is 5.20. The number of hydrogen-bond donors (Lipinski definition) is 3. The lowest BCUT2D eigenvalue weighted by molar-refractivity contribution is 0.0487. The molecule has 3 N–H and O–H groups in total. The minimum absolute atomic E-state index is 0.0750. The maximum atomic E-state index is 13.4. The molecule has 0 spiro atoms. The molecule has 3 aromatic carbocycles. The van der Waals surface area contributed by atoms with Crippen molar-refractivity contribution in [2.75, 3.05) is 24.7 Å². The molecule has 7 nitrogen and oxygen atoms in total. The van der Waals surface area contributed by atoms with E-state index in [1.165, 1.54) is 11.3 Å². The Kier molecular flexibility index (Phi) is 6.56. The molecule has 3 aliphatic rings. The third kappa shape index (κ3) is 4.57. The number of anilines is 1. The number of piperidine rings is 1. The summed E-state index contributed by atoms with van der Waals surface area (Å²) < 4.78 is 5.66. The topological polar surface area (TPSA) is 90.5 Å². The predicted molar refractivity (Wildman–Crippen MR) is 157 cm³/mol. The molecule has 4 aromatic rings. The summed E-state index contributed by atoms with van der Waals surface area (Å²) in [5.41, 5.74) is 5.75. The molecule has 0 aliphatic carbocycles. The Morgan fingerprint density at radius 3 is 2.45 bits per heavy atom. The van der Waals surface area contributed by atoms with Crippen molar-refractivity contribution in [3.8, 4) is 11.3 Å². The molecule has 3 atom stereocenters. The second-order valence-corrected chi connectivity index (χ2v) is 11.7. The summed E-state index contributed by atoms with van der Waals surface area (Å²) in [6.07, 6.45) is 5.61. The number of H-pyrrole nitrogens is 1. The van der Waals surface area contributed by atoms with Crippen molar-refractivity contribution < 1.29 is 14.6 Å².